The van der Waals surface area contributed by atoms with Crippen molar-refractivity contribution in [3.63, 3.8) is 0 Å². The van der Waals surface area contributed by atoms with E-state index in [0.717, 1.165) is 28.9 Å². The maximum atomic E-state index is 12.6. The van der Waals surface area contributed by atoms with Crippen LogP contribution in [0.1, 0.15) is 55.5 Å². The van der Waals surface area contributed by atoms with Crippen LogP contribution in [0.15, 0.2) is 53.4 Å². The first kappa shape index (κ1) is 22.9. The Morgan fingerprint density at radius 3 is 2.47 bits per heavy atom. The van der Waals surface area contributed by atoms with Crippen LogP contribution in [0.5, 0.6) is 0 Å². The molecule has 32 heavy (non-hydrogen) atoms. The fourth-order valence-electron chi connectivity index (χ4n) is 4.01. The summed E-state index contributed by atoms with van der Waals surface area (Å²) in [6, 6.07) is 15.1. The number of carbonyl (C=O) groups is 1. The molecule has 6 nitrogen and oxygen atoms in total. The highest BCUT2D eigenvalue weighted by atomic mass is 32.2. The van der Waals surface area contributed by atoms with Crippen molar-refractivity contribution in [1.82, 2.24) is 14.6 Å². The van der Waals surface area contributed by atoms with E-state index >= 15 is 0 Å². The number of carbonyl (C=O) groups excluding carboxylic acids is 1. The fourth-order valence-corrected chi connectivity index (χ4v) is 6.17. The quantitative estimate of drug-likeness (QED) is 0.550. The minimum absolute atomic E-state index is 0.00870. The Hall–Kier alpha value is -2.29. The second kappa shape index (κ2) is 9.68. The van der Waals surface area contributed by atoms with Gasteiger partial charge in [-0.25, -0.2) is 18.1 Å². The van der Waals surface area contributed by atoms with Crippen LogP contribution in [0.2, 0.25) is 0 Å². The number of rotatable bonds is 7. The first-order valence-electron chi connectivity index (χ1n) is 11.1. The Bertz CT molecular complexity index is 1150. The van der Waals surface area contributed by atoms with Crippen molar-refractivity contribution in [2.45, 2.75) is 49.8 Å². The number of benzene rings is 2. The molecular formula is C24H29N3O3S2. The molecule has 8 heteroatoms. The molecule has 0 radical (unpaired) electrons. The van der Waals surface area contributed by atoms with Crippen molar-refractivity contribution in [2.75, 3.05) is 19.6 Å². The van der Waals surface area contributed by atoms with E-state index in [1.54, 1.807) is 23.5 Å². The van der Waals surface area contributed by atoms with Crippen LogP contribution in [0.25, 0.3) is 10.2 Å². The van der Waals surface area contributed by atoms with Gasteiger partial charge in [0.1, 0.15) is 0 Å². The molecule has 1 aliphatic rings. The smallest absolute Gasteiger partial charge is 0.240 e. The van der Waals surface area contributed by atoms with Crippen molar-refractivity contribution < 1.29 is 13.2 Å². The summed E-state index contributed by atoms with van der Waals surface area (Å²) in [7, 11) is -3.61. The van der Waals surface area contributed by atoms with Crippen LogP contribution >= 0.6 is 11.3 Å². The van der Waals surface area contributed by atoms with Gasteiger partial charge in [0, 0.05) is 32.0 Å². The molecule has 1 N–H and O–H groups in total. The van der Waals surface area contributed by atoms with Gasteiger partial charge in [0.2, 0.25) is 15.9 Å². The SMILES string of the molecule is CC(C)c1ccc(S(=O)(=O)NCCC(=O)N2CCC(c3nc4ccccc4s3)CC2)cc1. The summed E-state index contributed by atoms with van der Waals surface area (Å²) in [5, 5.41) is 1.15. The van der Waals surface area contributed by atoms with Gasteiger partial charge in [-0.15, -0.1) is 11.3 Å². The molecule has 1 saturated heterocycles. The standard InChI is InChI=1S/C24H29N3O3S2/c1-17(2)18-7-9-20(10-8-18)32(29,30)25-14-11-23(28)27-15-12-19(13-16-27)24-26-21-5-3-4-6-22(21)31-24/h3-10,17,19,25H,11-16H2,1-2H3. The number of thiazole rings is 1. The third kappa shape index (κ3) is 5.19. The maximum absolute atomic E-state index is 12.6. The molecule has 1 aromatic heterocycles. The molecule has 0 spiro atoms. The lowest BCUT2D eigenvalue weighted by Crippen LogP contribution is -2.39. The van der Waals surface area contributed by atoms with Gasteiger partial charge in [0.25, 0.3) is 0 Å². The highest BCUT2D eigenvalue weighted by molar-refractivity contribution is 7.89. The first-order valence-corrected chi connectivity index (χ1v) is 13.4. The van der Waals surface area contributed by atoms with Gasteiger partial charge in [-0.2, -0.15) is 0 Å². The van der Waals surface area contributed by atoms with E-state index in [9.17, 15) is 13.2 Å². The van der Waals surface area contributed by atoms with E-state index in [1.807, 2.05) is 35.2 Å². The number of hydrogen-bond acceptors (Lipinski definition) is 5. The highest BCUT2D eigenvalue weighted by Gasteiger charge is 2.26. The Labute approximate surface area is 193 Å². The number of nitrogens with one attached hydrogen (secondary N) is 1. The van der Waals surface area contributed by atoms with E-state index in [4.69, 9.17) is 4.98 Å². The Balaban J connectivity index is 1.26. The molecule has 0 aliphatic carbocycles. The van der Waals surface area contributed by atoms with Gasteiger partial charge in [-0.3, -0.25) is 4.79 Å². The zero-order chi connectivity index (χ0) is 22.7. The zero-order valence-corrected chi connectivity index (χ0v) is 20.1. The maximum Gasteiger partial charge on any atom is 0.240 e. The molecule has 3 aromatic rings. The number of amides is 1. The number of piperidine rings is 1. The summed E-state index contributed by atoms with van der Waals surface area (Å²) in [6.07, 6.45) is 1.94. The summed E-state index contributed by atoms with van der Waals surface area (Å²) in [5.74, 6) is 0.713. The summed E-state index contributed by atoms with van der Waals surface area (Å²) >= 11 is 1.74. The Kier molecular flexibility index (Phi) is 6.93. The first-order chi connectivity index (χ1) is 15.3. The number of para-hydroxylation sites is 1. The lowest BCUT2D eigenvalue weighted by molar-refractivity contribution is -0.132. The second-order valence-corrected chi connectivity index (χ2v) is 11.4. The summed E-state index contributed by atoms with van der Waals surface area (Å²) in [4.78, 5) is 19.4. The largest absolute Gasteiger partial charge is 0.343 e. The molecular weight excluding hydrogens is 442 g/mol. The third-order valence-corrected chi connectivity index (χ3v) is 8.67. The number of hydrogen-bond donors (Lipinski definition) is 1. The summed E-state index contributed by atoms with van der Waals surface area (Å²) in [5.41, 5.74) is 2.13. The molecule has 1 aliphatic heterocycles. The van der Waals surface area contributed by atoms with E-state index in [1.165, 1.54) is 4.70 Å². The average Bonchev–Trinajstić information content (AvgIpc) is 3.23. The van der Waals surface area contributed by atoms with Crippen LogP contribution in [-0.4, -0.2) is 43.8 Å². The van der Waals surface area contributed by atoms with E-state index in [-0.39, 0.29) is 23.8 Å². The summed E-state index contributed by atoms with van der Waals surface area (Å²) in [6.45, 7) is 5.60. The second-order valence-electron chi connectivity index (χ2n) is 8.55. The minimum Gasteiger partial charge on any atom is -0.343 e. The average molecular weight is 472 g/mol. The molecule has 170 valence electrons. The predicted molar refractivity (Wildman–Crippen MR) is 129 cm³/mol. The van der Waals surface area contributed by atoms with Crippen LogP contribution in [0.4, 0.5) is 0 Å². The number of aromatic nitrogens is 1. The van der Waals surface area contributed by atoms with Crippen molar-refractivity contribution in [2.24, 2.45) is 0 Å². The summed E-state index contributed by atoms with van der Waals surface area (Å²) < 4.78 is 28.8. The van der Waals surface area contributed by atoms with Crippen LogP contribution < -0.4 is 4.72 Å². The Morgan fingerprint density at radius 2 is 1.81 bits per heavy atom. The van der Waals surface area contributed by atoms with Crippen molar-refractivity contribution >= 4 is 37.5 Å². The molecule has 1 amide bonds. The van der Waals surface area contributed by atoms with Crippen LogP contribution in [0, 0.1) is 0 Å². The minimum atomic E-state index is -3.61. The molecule has 0 atom stereocenters. The van der Waals surface area contributed by atoms with Crippen molar-refractivity contribution in [3.8, 4) is 0 Å². The normalized spacial score (nSPS) is 15.5. The lowest BCUT2D eigenvalue weighted by atomic mass is 9.97. The van der Waals surface area contributed by atoms with E-state index in [2.05, 4.69) is 24.6 Å². The van der Waals surface area contributed by atoms with Crippen LogP contribution in [0.3, 0.4) is 0 Å². The zero-order valence-electron chi connectivity index (χ0n) is 18.5. The number of nitrogens with zero attached hydrogens (tertiary/aromatic N) is 2. The third-order valence-electron chi connectivity index (χ3n) is 6.00. The number of likely N-dealkylation sites (tertiary alicyclic amines) is 1. The van der Waals surface area contributed by atoms with Crippen molar-refractivity contribution in [1.29, 1.82) is 0 Å². The van der Waals surface area contributed by atoms with E-state index in [0.29, 0.717) is 24.9 Å². The molecule has 2 aromatic carbocycles. The van der Waals surface area contributed by atoms with Gasteiger partial charge in [-0.1, -0.05) is 38.1 Å². The van der Waals surface area contributed by atoms with Crippen molar-refractivity contribution in [3.05, 3.63) is 59.1 Å². The monoisotopic (exact) mass is 471 g/mol. The molecule has 0 saturated carbocycles. The van der Waals surface area contributed by atoms with Gasteiger partial charge in [0.15, 0.2) is 0 Å². The predicted octanol–water partition coefficient (Wildman–Crippen LogP) is 4.49. The highest BCUT2D eigenvalue weighted by Crippen LogP contribution is 2.33. The number of fused-ring (bicyclic) bond motifs is 1. The van der Waals surface area contributed by atoms with Gasteiger partial charge in [-0.05, 0) is 48.6 Å². The molecule has 2 heterocycles. The fraction of sp³-hybridized carbons (Fsp3) is 0.417. The molecule has 4 rings (SSSR count). The van der Waals surface area contributed by atoms with Gasteiger partial charge < -0.3 is 4.90 Å². The molecule has 0 bridgehead atoms. The molecule has 1 fully saturated rings. The van der Waals surface area contributed by atoms with Gasteiger partial charge in [0.05, 0.1) is 20.1 Å². The topological polar surface area (TPSA) is 79.4 Å². The van der Waals surface area contributed by atoms with Gasteiger partial charge >= 0.3 is 0 Å². The lowest BCUT2D eigenvalue weighted by Gasteiger charge is -2.31. The molecule has 0 unspecified atom stereocenters. The van der Waals surface area contributed by atoms with E-state index < -0.39 is 10.0 Å². The number of sulfonamides is 1. The van der Waals surface area contributed by atoms with Crippen LogP contribution in [-0.2, 0) is 14.8 Å². The Morgan fingerprint density at radius 1 is 1.12 bits per heavy atom.